The number of hydrogen-bond donors (Lipinski definition) is 3. The van der Waals surface area contributed by atoms with Crippen molar-refractivity contribution in [2.24, 2.45) is 33.5 Å². The molecule has 2 aromatic carbocycles. The van der Waals surface area contributed by atoms with E-state index >= 15 is 0 Å². The number of nitrogens with zero attached hydrogens (tertiary/aromatic N) is 2. The molecule has 9 rings (SSSR count). The van der Waals surface area contributed by atoms with E-state index in [1.54, 1.807) is 6.07 Å². The molecule has 8 atom stereocenters. The summed E-state index contributed by atoms with van der Waals surface area (Å²) in [5.74, 6) is -0.124. The van der Waals surface area contributed by atoms with Gasteiger partial charge in [0, 0.05) is 60.1 Å². The minimum atomic E-state index is -4.57. The number of para-hydroxylation sites is 2. The number of hydrogen-bond acceptors (Lipinski definition) is 6. The molecular formula is C40H47F3N2O4. The van der Waals surface area contributed by atoms with E-state index in [0.29, 0.717) is 37.8 Å². The van der Waals surface area contributed by atoms with Gasteiger partial charge in [0.2, 0.25) is 0 Å². The van der Waals surface area contributed by atoms with Crippen LogP contribution in [0.2, 0.25) is 0 Å². The van der Waals surface area contributed by atoms with Crippen molar-refractivity contribution >= 4 is 11.5 Å². The van der Waals surface area contributed by atoms with Gasteiger partial charge in [0.15, 0.2) is 5.78 Å². The number of alkyl halides is 3. The summed E-state index contributed by atoms with van der Waals surface area (Å²) in [6, 6.07) is 12.1. The largest absolute Gasteiger partial charge is 0.506 e. The maximum Gasteiger partial charge on any atom is 0.416 e. The van der Waals surface area contributed by atoms with E-state index in [0.717, 1.165) is 63.3 Å². The average molecular weight is 677 g/mol. The standard InChI is InChI=1S/C40H47F3N2O4/c1-35-13-10-28(46)23-37(35)16-17-39(29(24-37)34(48)26-6-5-7-27(22-26)40(41,42)43)32(35)11-14-36(2)33(39)12-15-38(36,49)25-44-18-20-45(21-19-44)30-8-3-4-9-31(30)47/h3-9,16-17,22,24,28,32-33,46-47,49H,10-15,18-21,23,25H2,1-2H3. The number of piperazine rings is 1. The second kappa shape index (κ2) is 10.9. The number of rotatable bonds is 5. The highest BCUT2D eigenvalue weighted by Crippen LogP contribution is 2.78. The smallest absolute Gasteiger partial charge is 0.416 e. The number of carbonyl (C=O) groups excluding carboxylic acids is 1. The zero-order valence-electron chi connectivity index (χ0n) is 28.3. The molecule has 0 amide bonds. The quantitative estimate of drug-likeness (QED) is 0.234. The number of aromatic hydroxyl groups is 1. The van der Waals surface area contributed by atoms with Crippen LogP contribution in [0, 0.1) is 33.5 Å². The third-order valence-electron chi connectivity index (χ3n) is 14.5. The van der Waals surface area contributed by atoms with Gasteiger partial charge in [-0.1, -0.05) is 56.3 Å². The van der Waals surface area contributed by atoms with Gasteiger partial charge in [0.25, 0.3) is 0 Å². The number of fused-ring (bicyclic) bond motifs is 1. The van der Waals surface area contributed by atoms with E-state index in [-0.39, 0.29) is 34.3 Å². The van der Waals surface area contributed by atoms with Gasteiger partial charge in [-0.25, -0.2) is 0 Å². The van der Waals surface area contributed by atoms with Crippen LogP contribution in [0.3, 0.4) is 0 Å². The fourth-order valence-corrected chi connectivity index (χ4v) is 11.8. The highest BCUT2D eigenvalue weighted by molar-refractivity contribution is 6.10. The van der Waals surface area contributed by atoms with Gasteiger partial charge in [0.1, 0.15) is 5.75 Å². The number of carbonyl (C=O) groups is 1. The summed E-state index contributed by atoms with van der Waals surface area (Å²) in [5.41, 5.74) is -2.48. The molecule has 9 heteroatoms. The molecule has 3 N–H and O–H groups in total. The van der Waals surface area contributed by atoms with Crippen LogP contribution in [0.4, 0.5) is 18.9 Å². The summed E-state index contributed by atoms with van der Waals surface area (Å²) in [6.07, 6.45) is 6.26. The van der Waals surface area contributed by atoms with Gasteiger partial charge in [-0.15, -0.1) is 0 Å². The van der Waals surface area contributed by atoms with Crippen molar-refractivity contribution in [1.82, 2.24) is 4.90 Å². The second-order valence-corrected chi connectivity index (χ2v) is 16.5. The highest BCUT2D eigenvalue weighted by Gasteiger charge is 2.74. The van der Waals surface area contributed by atoms with Crippen LogP contribution >= 0.6 is 0 Å². The number of phenols is 1. The third-order valence-corrected chi connectivity index (χ3v) is 14.5. The SMILES string of the molecule is CC12CCC(O)CC13C=CC1(C(C(=O)c4cccc(C(F)(F)F)c4)=C3)C2CCC2(C)C1CCC2(O)CN1CCN(c2ccccc2O)CC1. The van der Waals surface area contributed by atoms with Crippen molar-refractivity contribution in [2.75, 3.05) is 37.6 Å². The van der Waals surface area contributed by atoms with Gasteiger partial charge in [0.05, 0.1) is 23.0 Å². The van der Waals surface area contributed by atoms with E-state index in [4.69, 9.17) is 0 Å². The first kappa shape index (κ1) is 33.0. The van der Waals surface area contributed by atoms with Gasteiger partial charge in [-0.05, 0) is 86.5 Å². The van der Waals surface area contributed by atoms with Crippen LogP contribution in [0.1, 0.15) is 74.7 Å². The Hall–Kier alpha value is -3.14. The van der Waals surface area contributed by atoms with Gasteiger partial charge in [-0.3, -0.25) is 9.69 Å². The monoisotopic (exact) mass is 676 g/mol. The summed E-state index contributed by atoms with van der Waals surface area (Å²) in [7, 11) is 0. The Bertz CT molecular complexity index is 1730. The van der Waals surface area contributed by atoms with Crippen molar-refractivity contribution in [3.05, 3.63) is 83.5 Å². The fourth-order valence-electron chi connectivity index (χ4n) is 11.8. The first-order chi connectivity index (χ1) is 23.2. The predicted octanol–water partition coefficient (Wildman–Crippen LogP) is 7.01. The lowest BCUT2D eigenvalue weighted by Gasteiger charge is -2.71. The van der Waals surface area contributed by atoms with Crippen LogP contribution in [-0.4, -0.2) is 70.4 Å². The summed E-state index contributed by atoms with van der Waals surface area (Å²) >= 11 is 0. The lowest BCUT2D eigenvalue weighted by atomic mass is 9.32. The normalized spacial score (nSPS) is 40.0. The van der Waals surface area contributed by atoms with E-state index in [9.17, 15) is 33.3 Å². The van der Waals surface area contributed by atoms with Crippen LogP contribution < -0.4 is 4.90 Å². The molecule has 2 aromatic rings. The Labute approximate surface area is 286 Å². The molecule has 3 saturated carbocycles. The van der Waals surface area contributed by atoms with Gasteiger partial charge < -0.3 is 20.2 Å². The first-order valence-electron chi connectivity index (χ1n) is 18.0. The number of aliphatic hydroxyl groups is 2. The summed E-state index contributed by atoms with van der Waals surface area (Å²) in [4.78, 5) is 19.2. The molecule has 4 fully saturated rings. The number of anilines is 1. The number of benzene rings is 2. The lowest BCUT2D eigenvalue weighted by Crippen LogP contribution is -2.67. The molecule has 8 unspecified atom stereocenters. The van der Waals surface area contributed by atoms with E-state index in [2.05, 4.69) is 41.9 Å². The topological polar surface area (TPSA) is 84.2 Å². The molecule has 7 aliphatic rings. The maximum atomic E-state index is 14.7. The minimum absolute atomic E-state index is 0.0347. The second-order valence-electron chi connectivity index (χ2n) is 16.5. The van der Waals surface area contributed by atoms with E-state index in [1.807, 2.05) is 18.2 Å². The van der Waals surface area contributed by atoms with Crippen LogP contribution in [0.5, 0.6) is 5.75 Å². The Balaban J connectivity index is 1.15. The Morgan fingerprint density at radius 2 is 1.59 bits per heavy atom. The first-order valence-corrected chi connectivity index (χ1v) is 18.0. The van der Waals surface area contributed by atoms with Crippen molar-refractivity contribution in [3.63, 3.8) is 0 Å². The van der Waals surface area contributed by atoms with Crippen LogP contribution in [-0.2, 0) is 6.18 Å². The molecule has 2 spiro atoms. The summed E-state index contributed by atoms with van der Waals surface area (Å²) in [5, 5.41) is 34.1. The Morgan fingerprint density at radius 1 is 0.898 bits per heavy atom. The predicted molar refractivity (Wildman–Crippen MR) is 181 cm³/mol. The number of Topliss-reactive ketones (excluding diaryl/α,β-unsaturated/α-hetero) is 1. The number of allylic oxidation sites excluding steroid dienone is 4. The van der Waals surface area contributed by atoms with Gasteiger partial charge >= 0.3 is 6.18 Å². The Morgan fingerprint density at radius 3 is 2.33 bits per heavy atom. The number of aliphatic hydroxyl groups excluding tert-OH is 1. The molecule has 6 aliphatic carbocycles. The van der Waals surface area contributed by atoms with Crippen molar-refractivity contribution in [3.8, 4) is 5.75 Å². The van der Waals surface area contributed by atoms with Crippen molar-refractivity contribution in [2.45, 2.75) is 76.7 Å². The number of halogens is 3. The van der Waals surface area contributed by atoms with E-state index < -0.39 is 39.7 Å². The molecule has 262 valence electrons. The Kier molecular flexibility index (Phi) is 7.37. The number of β-amino-alcohol motifs (C(OH)–C–C–N with tert-alkyl or cyclic N) is 1. The molecule has 1 heterocycles. The molecule has 0 radical (unpaired) electrons. The summed E-state index contributed by atoms with van der Waals surface area (Å²) in [6.45, 7) is 7.95. The molecule has 2 bridgehead atoms. The molecule has 49 heavy (non-hydrogen) atoms. The highest BCUT2D eigenvalue weighted by atomic mass is 19.4. The maximum absolute atomic E-state index is 14.7. The van der Waals surface area contributed by atoms with Crippen LogP contribution in [0.25, 0.3) is 0 Å². The lowest BCUT2D eigenvalue weighted by molar-refractivity contribution is -0.176. The minimum Gasteiger partial charge on any atom is -0.506 e. The third kappa shape index (κ3) is 4.60. The molecule has 1 aliphatic heterocycles. The van der Waals surface area contributed by atoms with Crippen LogP contribution in [0.15, 0.2) is 72.3 Å². The van der Waals surface area contributed by atoms with Crippen molar-refractivity contribution in [1.29, 1.82) is 0 Å². The summed E-state index contributed by atoms with van der Waals surface area (Å²) < 4.78 is 41.5. The fraction of sp³-hybridized carbons (Fsp3) is 0.575. The molecule has 0 aromatic heterocycles. The zero-order chi connectivity index (χ0) is 34.6. The zero-order valence-corrected chi connectivity index (χ0v) is 28.3. The molecule has 6 nitrogen and oxygen atoms in total. The van der Waals surface area contributed by atoms with Gasteiger partial charge in [-0.2, -0.15) is 13.2 Å². The van der Waals surface area contributed by atoms with E-state index in [1.165, 1.54) is 12.1 Å². The van der Waals surface area contributed by atoms with Crippen molar-refractivity contribution < 1.29 is 33.3 Å². The molecular weight excluding hydrogens is 629 g/mol. The average Bonchev–Trinajstić information content (AvgIpc) is 3.34. The molecule has 1 saturated heterocycles. The number of phenolic OH excluding ortho intramolecular Hbond substituents is 1. The number of ketones is 1.